The van der Waals surface area contributed by atoms with Crippen molar-refractivity contribution in [2.24, 2.45) is 0 Å². The predicted octanol–water partition coefficient (Wildman–Crippen LogP) is 1.94. The minimum absolute atomic E-state index is 0.195. The van der Waals surface area contributed by atoms with E-state index in [0.29, 0.717) is 17.2 Å². The van der Waals surface area contributed by atoms with E-state index >= 15 is 0 Å². The summed E-state index contributed by atoms with van der Waals surface area (Å²) in [5.41, 5.74) is 7.29. The Balaban J connectivity index is 2.00. The Hall–Kier alpha value is -2.49. The number of hydrazine groups is 1. The molecule has 0 aliphatic rings. The van der Waals surface area contributed by atoms with Gasteiger partial charge < -0.3 is 5.32 Å². The van der Waals surface area contributed by atoms with Crippen LogP contribution in [-0.2, 0) is 16.6 Å². The smallest absolute Gasteiger partial charge is 0.269 e. The van der Waals surface area contributed by atoms with E-state index in [9.17, 15) is 13.2 Å². The van der Waals surface area contributed by atoms with Crippen LogP contribution in [0, 0.1) is 6.92 Å². The number of hydrogen-bond donors (Lipinski definition) is 3. The first-order valence-electron chi connectivity index (χ1n) is 8.70. The number of nitrogens with zero attached hydrogens (tertiary/aromatic N) is 1. The van der Waals surface area contributed by atoms with Crippen molar-refractivity contribution in [3.63, 3.8) is 0 Å². The molecule has 28 heavy (non-hydrogen) atoms. The van der Waals surface area contributed by atoms with Crippen LogP contribution in [0.25, 0.3) is 0 Å². The fourth-order valence-corrected chi connectivity index (χ4v) is 3.74. The molecule has 2 aromatic carbocycles. The third-order valence-corrected chi connectivity index (χ3v) is 6.04. The number of hydrogen-bond acceptors (Lipinski definition) is 4. The zero-order valence-corrected chi connectivity index (χ0v) is 17.7. The van der Waals surface area contributed by atoms with Gasteiger partial charge in [-0.3, -0.25) is 15.6 Å². The average molecular weight is 421 g/mol. The third kappa shape index (κ3) is 5.75. The van der Waals surface area contributed by atoms with Crippen LogP contribution in [0.1, 0.15) is 28.4 Å². The molecule has 1 amide bonds. The largest absolute Gasteiger partial charge is 0.362 e. The second-order valence-electron chi connectivity index (χ2n) is 6.21. The minimum atomic E-state index is -3.58. The Morgan fingerprint density at radius 1 is 1.04 bits per heavy atom. The van der Waals surface area contributed by atoms with Gasteiger partial charge in [0.25, 0.3) is 5.91 Å². The highest BCUT2D eigenvalue weighted by molar-refractivity contribution is 7.89. The fourth-order valence-electron chi connectivity index (χ4n) is 2.38. The number of nitrogens with one attached hydrogen (secondary N) is 3. The average Bonchev–Trinajstić information content (AvgIpc) is 2.67. The number of carbonyl (C=O) groups is 1. The maximum atomic E-state index is 12.7. The van der Waals surface area contributed by atoms with Gasteiger partial charge in [-0.25, -0.2) is 8.42 Å². The van der Waals surface area contributed by atoms with Gasteiger partial charge in [-0.2, -0.15) is 4.31 Å². The maximum absolute atomic E-state index is 12.7. The summed E-state index contributed by atoms with van der Waals surface area (Å²) in [6.07, 6.45) is 0. The van der Waals surface area contributed by atoms with Gasteiger partial charge in [-0.05, 0) is 55.9 Å². The summed E-state index contributed by atoms with van der Waals surface area (Å²) >= 11 is 4.97. The second-order valence-corrected chi connectivity index (χ2v) is 8.66. The first kappa shape index (κ1) is 21.8. The van der Waals surface area contributed by atoms with Crippen molar-refractivity contribution >= 4 is 33.3 Å². The molecule has 0 aromatic heterocycles. The first-order valence-corrected chi connectivity index (χ1v) is 10.5. The Bertz CT molecular complexity index is 927. The zero-order valence-electron chi connectivity index (χ0n) is 16.0. The molecule has 0 saturated carbocycles. The summed E-state index contributed by atoms with van der Waals surface area (Å²) in [4.78, 5) is 12.3. The van der Waals surface area contributed by atoms with Crippen molar-refractivity contribution in [3.05, 3.63) is 65.2 Å². The van der Waals surface area contributed by atoms with E-state index in [1.165, 1.54) is 11.4 Å². The molecule has 0 radical (unpaired) electrons. The molecule has 0 aliphatic carbocycles. The van der Waals surface area contributed by atoms with Gasteiger partial charge in [-0.15, -0.1) is 0 Å². The van der Waals surface area contributed by atoms with Crippen molar-refractivity contribution in [1.29, 1.82) is 0 Å². The summed E-state index contributed by atoms with van der Waals surface area (Å²) in [6, 6.07) is 13.4. The summed E-state index contributed by atoms with van der Waals surface area (Å²) in [6.45, 7) is 4.64. The number of carbonyl (C=O) groups excluding carboxylic acids is 1. The number of amides is 1. The van der Waals surface area contributed by atoms with E-state index in [1.807, 2.05) is 13.8 Å². The summed E-state index contributed by atoms with van der Waals surface area (Å²) in [5, 5.41) is 3.19. The van der Waals surface area contributed by atoms with E-state index in [0.717, 1.165) is 11.1 Å². The van der Waals surface area contributed by atoms with E-state index in [4.69, 9.17) is 12.2 Å². The van der Waals surface area contributed by atoms with Crippen molar-refractivity contribution in [2.75, 3.05) is 13.6 Å². The van der Waals surface area contributed by atoms with Crippen molar-refractivity contribution in [1.82, 2.24) is 20.5 Å². The predicted molar refractivity (Wildman–Crippen MR) is 113 cm³/mol. The molecule has 2 rings (SSSR count). The second kappa shape index (κ2) is 9.63. The highest BCUT2D eigenvalue weighted by Crippen LogP contribution is 2.17. The number of thiocarbonyl (C=S) groups is 1. The molecular weight excluding hydrogens is 396 g/mol. The standard InChI is InChI=1S/C19H24N4O3S2/c1-4-20-19(27)22-21-18(24)16-9-7-15(8-10-16)13-23(3)28(25,26)17-11-5-14(2)6-12-17/h5-12H,4,13H2,1-3H3,(H,21,24)(H2,20,22,27). The van der Waals surface area contributed by atoms with E-state index < -0.39 is 10.0 Å². The molecule has 0 bridgehead atoms. The molecule has 2 aromatic rings. The lowest BCUT2D eigenvalue weighted by molar-refractivity contribution is 0.0943. The normalized spacial score (nSPS) is 11.1. The Morgan fingerprint density at radius 3 is 2.21 bits per heavy atom. The van der Waals surface area contributed by atoms with Crippen LogP contribution < -0.4 is 16.2 Å². The molecule has 0 atom stereocenters. The number of benzene rings is 2. The molecule has 0 saturated heterocycles. The molecular formula is C19H24N4O3S2. The summed E-state index contributed by atoms with van der Waals surface area (Å²) in [7, 11) is -2.05. The Labute approximate surface area is 171 Å². The van der Waals surface area contributed by atoms with Gasteiger partial charge in [0.15, 0.2) is 5.11 Å². The maximum Gasteiger partial charge on any atom is 0.269 e. The van der Waals surface area contributed by atoms with Crippen LogP contribution in [0.3, 0.4) is 0 Å². The number of aryl methyl sites for hydroxylation is 1. The molecule has 0 heterocycles. The Kier molecular flexibility index (Phi) is 7.50. The van der Waals surface area contributed by atoms with Crippen LogP contribution in [0.5, 0.6) is 0 Å². The van der Waals surface area contributed by atoms with E-state index in [-0.39, 0.29) is 17.3 Å². The first-order chi connectivity index (χ1) is 13.2. The SMILES string of the molecule is CCNC(=S)NNC(=O)c1ccc(CN(C)S(=O)(=O)c2ccc(C)cc2)cc1. The lowest BCUT2D eigenvalue weighted by atomic mass is 10.1. The molecule has 0 aliphatic heterocycles. The van der Waals surface area contributed by atoms with Crippen molar-refractivity contribution in [3.8, 4) is 0 Å². The van der Waals surface area contributed by atoms with Crippen molar-refractivity contribution < 1.29 is 13.2 Å². The molecule has 150 valence electrons. The molecule has 0 unspecified atom stereocenters. The highest BCUT2D eigenvalue weighted by Gasteiger charge is 2.20. The van der Waals surface area contributed by atoms with Crippen LogP contribution in [0.2, 0.25) is 0 Å². The van der Waals surface area contributed by atoms with Crippen LogP contribution in [-0.4, -0.2) is 37.3 Å². The van der Waals surface area contributed by atoms with Gasteiger partial charge in [-0.1, -0.05) is 29.8 Å². The molecule has 7 nitrogen and oxygen atoms in total. The number of rotatable bonds is 6. The molecule has 3 N–H and O–H groups in total. The quantitative estimate of drug-likeness (QED) is 0.489. The van der Waals surface area contributed by atoms with Crippen molar-refractivity contribution in [2.45, 2.75) is 25.3 Å². The van der Waals surface area contributed by atoms with Gasteiger partial charge in [0, 0.05) is 25.7 Å². The summed E-state index contributed by atoms with van der Waals surface area (Å²) in [5.74, 6) is -0.340. The molecule has 9 heteroatoms. The highest BCUT2D eigenvalue weighted by atomic mass is 32.2. The summed E-state index contributed by atoms with van der Waals surface area (Å²) < 4.78 is 26.6. The fraction of sp³-hybridized carbons (Fsp3) is 0.263. The minimum Gasteiger partial charge on any atom is -0.362 e. The van der Waals surface area contributed by atoms with E-state index in [2.05, 4.69) is 16.2 Å². The van der Waals surface area contributed by atoms with Crippen LogP contribution in [0.15, 0.2) is 53.4 Å². The van der Waals surface area contributed by atoms with Gasteiger partial charge in [0.1, 0.15) is 0 Å². The zero-order chi connectivity index (χ0) is 20.7. The monoisotopic (exact) mass is 420 g/mol. The lowest BCUT2D eigenvalue weighted by Crippen LogP contribution is -2.46. The van der Waals surface area contributed by atoms with Gasteiger partial charge >= 0.3 is 0 Å². The van der Waals surface area contributed by atoms with Crippen LogP contribution in [0.4, 0.5) is 0 Å². The van der Waals surface area contributed by atoms with E-state index in [1.54, 1.807) is 48.5 Å². The lowest BCUT2D eigenvalue weighted by Gasteiger charge is -2.17. The van der Waals surface area contributed by atoms with Gasteiger partial charge in [0.2, 0.25) is 10.0 Å². The topological polar surface area (TPSA) is 90.5 Å². The molecule has 0 spiro atoms. The van der Waals surface area contributed by atoms with Crippen LogP contribution >= 0.6 is 12.2 Å². The Morgan fingerprint density at radius 2 is 1.64 bits per heavy atom. The number of sulfonamides is 1. The molecule has 0 fully saturated rings. The van der Waals surface area contributed by atoms with Gasteiger partial charge in [0.05, 0.1) is 4.90 Å². The third-order valence-electron chi connectivity index (χ3n) is 3.98.